The fourth-order valence-corrected chi connectivity index (χ4v) is 4.28. The molecule has 1 saturated carbocycles. The summed E-state index contributed by atoms with van der Waals surface area (Å²) >= 11 is 0. The Balaban J connectivity index is 1.38. The predicted octanol–water partition coefficient (Wildman–Crippen LogP) is 5.79. The van der Waals surface area contributed by atoms with Gasteiger partial charge in [-0.25, -0.2) is 9.37 Å². The summed E-state index contributed by atoms with van der Waals surface area (Å²) < 4.78 is 100.0. The SMILES string of the molecule is CCc1cc(=O)[nH]c(-c2c(C(F)(F)F)ccc(CNC(=O)[C@H]3C[C@H](OCc4ccc(C(F)(F)F)cc4)C3)c2F)n1. The maximum atomic E-state index is 15.4. The Morgan fingerprint density at radius 1 is 1.05 bits per heavy atom. The fourth-order valence-electron chi connectivity index (χ4n) is 4.28. The van der Waals surface area contributed by atoms with Crippen LogP contribution >= 0.6 is 0 Å². The minimum Gasteiger partial charge on any atom is -0.373 e. The van der Waals surface area contributed by atoms with E-state index in [4.69, 9.17) is 4.74 Å². The maximum Gasteiger partial charge on any atom is 0.417 e. The Hall–Kier alpha value is -3.74. The Kier molecular flexibility index (Phi) is 8.33. The first-order chi connectivity index (χ1) is 18.8. The van der Waals surface area contributed by atoms with Gasteiger partial charge < -0.3 is 15.0 Å². The van der Waals surface area contributed by atoms with E-state index in [-0.39, 0.29) is 30.4 Å². The number of aryl methyl sites for hydroxylation is 1. The third-order valence-electron chi connectivity index (χ3n) is 6.61. The maximum absolute atomic E-state index is 15.4. The summed E-state index contributed by atoms with van der Waals surface area (Å²) in [4.78, 5) is 30.6. The highest BCUT2D eigenvalue weighted by atomic mass is 19.4. The minimum absolute atomic E-state index is 0.0616. The van der Waals surface area contributed by atoms with Gasteiger partial charge in [0.1, 0.15) is 11.6 Å². The van der Waals surface area contributed by atoms with Crippen LogP contribution in [0, 0.1) is 11.7 Å². The number of aromatic nitrogens is 2. The van der Waals surface area contributed by atoms with Gasteiger partial charge in [-0.3, -0.25) is 9.59 Å². The molecular formula is C27H24F7N3O3. The molecule has 2 N–H and O–H groups in total. The number of amides is 1. The van der Waals surface area contributed by atoms with Crippen molar-refractivity contribution in [2.75, 3.05) is 0 Å². The molecular weight excluding hydrogens is 547 g/mol. The molecule has 3 aromatic rings. The van der Waals surface area contributed by atoms with Crippen LogP contribution in [-0.4, -0.2) is 22.0 Å². The van der Waals surface area contributed by atoms with Crippen molar-refractivity contribution in [2.24, 2.45) is 5.92 Å². The average molecular weight is 571 g/mol. The van der Waals surface area contributed by atoms with Crippen molar-refractivity contribution in [3.8, 4) is 11.4 Å². The second-order valence-corrected chi connectivity index (χ2v) is 9.41. The van der Waals surface area contributed by atoms with Crippen LogP contribution in [-0.2, 0) is 41.5 Å². The number of benzene rings is 2. The number of aromatic amines is 1. The molecule has 13 heteroatoms. The molecule has 0 radical (unpaired) electrons. The Morgan fingerprint density at radius 3 is 2.33 bits per heavy atom. The van der Waals surface area contributed by atoms with E-state index in [1.165, 1.54) is 12.1 Å². The van der Waals surface area contributed by atoms with Crippen LogP contribution in [0.2, 0.25) is 0 Å². The average Bonchev–Trinajstić information content (AvgIpc) is 2.85. The number of H-pyrrole nitrogens is 1. The van der Waals surface area contributed by atoms with E-state index < -0.39 is 64.6 Å². The molecule has 1 heterocycles. The summed E-state index contributed by atoms with van der Waals surface area (Å²) in [5, 5.41) is 2.51. The number of nitrogens with zero attached hydrogens (tertiary/aromatic N) is 1. The first kappa shape index (κ1) is 29.2. The van der Waals surface area contributed by atoms with Gasteiger partial charge in [0.2, 0.25) is 5.91 Å². The molecule has 4 rings (SSSR count). The molecule has 0 saturated heterocycles. The number of halogens is 7. The fraction of sp³-hybridized carbons (Fsp3) is 0.370. The molecule has 1 fully saturated rings. The molecule has 2 aromatic carbocycles. The summed E-state index contributed by atoms with van der Waals surface area (Å²) in [5.74, 6) is -2.75. The lowest BCUT2D eigenvalue weighted by atomic mass is 9.81. The Labute approximate surface area is 223 Å². The number of hydrogen-bond acceptors (Lipinski definition) is 4. The van der Waals surface area contributed by atoms with Crippen LogP contribution in [0.5, 0.6) is 0 Å². The monoisotopic (exact) mass is 571 g/mol. The van der Waals surface area contributed by atoms with Crippen molar-refractivity contribution < 1.29 is 40.3 Å². The molecule has 1 aliphatic rings. The zero-order chi connectivity index (χ0) is 29.2. The summed E-state index contributed by atoms with van der Waals surface area (Å²) in [6.07, 6.45) is -8.79. The third-order valence-corrected chi connectivity index (χ3v) is 6.61. The molecule has 40 heavy (non-hydrogen) atoms. The number of nitrogens with one attached hydrogen (secondary N) is 2. The number of ether oxygens (including phenoxy) is 1. The van der Waals surface area contributed by atoms with Crippen LogP contribution in [0.1, 0.15) is 47.7 Å². The number of hydrogen-bond donors (Lipinski definition) is 2. The standard InChI is InChI=1S/C27H24F7N3O3/c1-2-18-11-21(38)37-24(36-18)22-20(27(32,33)34)8-5-15(23(22)28)12-35-25(39)16-9-19(10-16)40-13-14-3-6-17(7-4-14)26(29,30)31/h3-8,11,16,19H,2,9-10,12-13H2,1H3,(H,35,39)(H,36,37,38)/t16-,19-. The van der Waals surface area contributed by atoms with Gasteiger partial charge >= 0.3 is 12.4 Å². The topological polar surface area (TPSA) is 84.1 Å². The number of rotatable bonds is 8. The Bertz CT molecular complexity index is 1430. The van der Waals surface area contributed by atoms with Gasteiger partial charge in [-0.15, -0.1) is 0 Å². The first-order valence-electron chi connectivity index (χ1n) is 12.3. The second-order valence-electron chi connectivity index (χ2n) is 9.41. The van der Waals surface area contributed by atoms with Gasteiger partial charge in [0, 0.05) is 29.8 Å². The van der Waals surface area contributed by atoms with E-state index in [2.05, 4.69) is 15.3 Å². The zero-order valence-corrected chi connectivity index (χ0v) is 21.0. The van der Waals surface area contributed by atoms with Crippen molar-refractivity contribution in [2.45, 2.75) is 57.8 Å². The quantitative estimate of drug-likeness (QED) is 0.336. The Morgan fingerprint density at radius 2 is 1.73 bits per heavy atom. The van der Waals surface area contributed by atoms with E-state index in [0.29, 0.717) is 24.5 Å². The first-order valence-corrected chi connectivity index (χ1v) is 12.3. The highest BCUT2D eigenvalue weighted by molar-refractivity contribution is 5.79. The molecule has 6 nitrogen and oxygen atoms in total. The molecule has 0 atom stereocenters. The van der Waals surface area contributed by atoms with Crippen molar-refractivity contribution >= 4 is 5.91 Å². The summed E-state index contributed by atoms with van der Waals surface area (Å²) in [5.41, 5.74) is -3.23. The van der Waals surface area contributed by atoms with Gasteiger partial charge in [-0.05, 0) is 43.0 Å². The minimum atomic E-state index is -4.93. The van der Waals surface area contributed by atoms with Crippen molar-refractivity contribution in [1.82, 2.24) is 15.3 Å². The smallest absolute Gasteiger partial charge is 0.373 e. The van der Waals surface area contributed by atoms with Gasteiger partial charge in [-0.1, -0.05) is 25.1 Å². The highest BCUT2D eigenvalue weighted by Gasteiger charge is 2.38. The van der Waals surface area contributed by atoms with Gasteiger partial charge in [0.05, 0.1) is 29.4 Å². The number of carbonyl (C=O) groups excluding carboxylic acids is 1. The predicted molar refractivity (Wildman–Crippen MR) is 129 cm³/mol. The zero-order valence-electron chi connectivity index (χ0n) is 21.0. The van der Waals surface area contributed by atoms with Crippen LogP contribution in [0.3, 0.4) is 0 Å². The lowest BCUT2D eigenvalue weighted by Gasteiger charge is -2.34. The lowest BCUT2D eigenvalue weighted by Crippen LogP contribution is -2.42. The summed E-state index contributed by atoms with van der Waals surface area (Å²) in [7, 11) is 0. The molecule has 0 bridgehead atoms. The van der Waals surface area contributed by atoms with E-state index in [9.17, 15) is 35.9 Å². The van der Waals surface area contributed by atoms with E-state index in [0.717, 1.165) is 24.3 Å². The largest absolute Gasteiger partial charge is 0.417 e. The van der Waals surface area contributed by atoms with Crippen LogP contribution in [0.15, 0.2) is 47.3 Å². The van der Waals surface area contributed by atoms with Gasteiger partial charge in [-0.2, -0.15) is 26.3 Å². The van der Waals surface area contributed by atoms with E-state index in [1.807, 2.05) is 0 Å². The van der Waals surface area contributed by atoms with Gasteiger partial charge in [0.15, 0.2) is 0 Å². The number of alkyl halides is 6. The van der Waals surface area contributed by atoms with Gasteiger partial charge in [0.25, 0.3) is 5.56 Å². The van der Waals surface area contributed by atoms with Crippen molar-refractivity contribution in [1.29, 1.82) is 0 Å². The van der Waals surface area contributed by atoms with Crippen LogP contribution in [0.4, 0.5) is 30.7 Å². The normalized spacial score (nSPS) is 17.4. The van der Waals surface area contributed by atoms with Crippen molar-refractivity contribution in [3.05, 3.63) is 86.6 Å². The second kappa shape index (κ2) is 11.4. The molecule has 0 unspecified atom stereocenters. The molecule has 214 valence electrons. The van der Waals surface area contributed by atoms with E-state index in [1.54, 1.807) is 6.92 Å². The summed E-state index contributed by atoms with van der Waals surface area (Å²) in [6.45, 7) is 1.30. The van der Waals surface area contributed by atoms with Crippen molar-refractivity contribution in [3.63, 3.8) is 0 Å². The molecule has 0 spiro atoms. The number of carbonyl (C=O) groups is 1. The van der Waals surface area contributed by atoms with Crippen LogP contribution < -0.4 is 10.9 Å². The molecule has 0 aliphatic heterocycles. The molecule has 1 aliphatic carbocycles. The summed E-state index contributed by atoms with van der Waals surface area (Å²) in [6, 6.07) is 7.22. The molecule has 1 aromatic heterocycles. The lowest BCUT2D eigenvalue weighted by molar-refractivity contribution is -0.138. The highest BCUT2D eigenvalue weighted by Crippen LogP contribution is 2.38. The third kappa shape index (κ3) is 6.69. The van der Waals surface area contributed by atoms with E-state index >= 15 is 4.39 Å². The molecule has 1 amide bonds. The van der Waals surface area contributed by atoms with Crippen LogP contribution in [0.25, 0.3) is 11.4 Å².